The second kappa shape index (κ2) is 8.45. The molecule has 0 saturated heterocycles. The predicted octanol–water partition coefficient (Wildman–Crippen LogP) is 4.22. The van der Waals surface area contributed by atoms with Crippen LogP contribution < -0.4 is 15.5 Å². The molecule has 0 fully saturated rings. The molecule has 0 saturated carbocycles. The first-order valence-electron chi connectivity index (χ1n) is 8.78. The van der Waals surface area contributed by atoms with E-state index in [9.17, 15) is 9.59 Å². The number of urea groups is 1. The Balaban J connectivity index is 1.38. The van der Waals surface area contributed by atoms with E-state index in [-0.39, 0.29) is 11.9 Å². The maximum atomic E-state index is 12.7. The zero-order chi connectivity index (χ0) is 19.3. The summed E-state index contributed by atoms with van der Waals surface area (Å²) in [6, 6.07) is 14.4. The molecule has 1 aliphatic rings. The Morgan fingerprint density at radius 1 is 1.11 bits per heavy atom. The van der Waals surface area contributed by atoms with Gasteiger partial charge in [0.25, 0.3) is 5.91 Å². The molecule has 0 atom stereocenters. The number of hydrogen-bond acceptors (Lipinski definition) is 5. The molecule has 0 bridgehead atoms. The number of pyridine rings is 1. The normalized spacial score (nSPS) is 12.9. The maximum Gasteiger partial charge on any atom is 0.326 e. The average molecular weight is 411 g/mol. The van der Waals surface area contributed by atoms with E-state index in [1.54, 1.807) is 58.5 Å². The first-order valence-corrected chi connectivity index (χ1v) is 10.6. The van der Waals surface area contributed by atoms with Gasteiger partial charge in [-0.05, 0) is 47.8 Å². The van der Waals surface area contributed by atoms with Crippen LogP contribution >= 0.6 is 23.1 Å². The van der Waals surface area contributed by atoms with E-state index in [0.717, 1.165) is 21.3 Å². The summed E-state index contributed by atoms with van der Waals surface area (Å²) in [5.41, 5.74) is 2.02. The van der Waals surface area contributed by atoms with Crippen molar-refractivity contribution in [2.45, 2.75) is 11.6 Å². The number of carbonyl (C=O) groups is 2. The van der Waals surface area contributed by atoms with Crippen LogP contribution in [0.2, 0.25) is 0 Å². The minimum absolute atomic E-state index is 0.140. The molecule has 3 aromatic rings. The second-order valence-electron chi connectivity index (χ2n) is 6.10. The van der Waals surface area contributed by atoms with Crippen molar-refractivity contribution in [3.05, 3.63) is 70.5 Å². The number of thioether (sulfide) groups is 1. The van der Waals surface area contributed by atoms with Gasteiger partial charge in [0.15, 0.2) is 0 Å². The Kier molecular flexibility index (Phi) is 5.59. The number of benzene rings is 1. The molecule has 28 heavy (non-hydrogen) atoms. The third kappa shape index (κ3) is 4.18. The van der Waals surface area contributed by atoms with Crippen molar-refractivity contribution in [1.29, 1.82) is 0 Å². The fourth-order valence-corrected chi connectivity index (χ4v) is 4.42. The topological polar surface area (TPSA) is 74.3 Å². The Bertz CT molecular complexity index is 974. The molecule has 142 valence electrons. The number of anilines is 2. The molecular weight excluding hydrogens is 392 g/mol. The number of amides is 3. The molecular formula is C20H18N4O2S2. The molecule has 2 aromatic heterocycles. The highest BCUT2D eigenvalue weighted by molar-refractivity contribution is 7.99. The zero-order valence-electron chi connectivity index (χ0n) is 14.9. The van der Waals surface area contributed by atoms with Gasteiger partial charge in [-0.15, -0.1) is 23.1 Å². The number of rotatable bonds is 4. The number of fused-ring (bicyclic) bond motifs is 1. The first kappa shape index (κ1) is 18.5. The van der Waals surface area contributed by atoms with Crippen LogP contribution in [0.3, 0.4) is 0 Å². The van der Waals surface area contributed by atoms with Crippen LogP contribution in [0.5, 0.6) is 0 Å². The van der Waals surface area contributed by atoms with Crippen molar-refractivity contribution in [3.63, 3.8) is 0 Å². The molecule has 3 amide bonds. The fraction of sp³-hybridized carbons (Fsp3) is 0.150. The number of carbonyl (C=O) groups excluding carboxylic acids is 2. The molecule has 4 rings (SSSR count). The maximum absolute atomic E-state index is 12.7. The van der Waals surface area contributed by atoms with Crippen LogP contribution in [0.25, 0.3) is 0 Å². The van der Waals surface area contributed by atoms with Crippen LogP contribution in [0.4, 0.5) is 16.2 Å². The molecule has 0 unspecified atom stereocenters. The van der Waals surface area contributed by atoms with Gasteiger partial charge in [-0.2, -0.15) is 0 Å². The fourth-order valence-electron chi connectivity index (χ4n) is 2.84. The molecule has 0 aliphatic carbocycles. The number of nitrogens with one attached hydrogen (secondary N) is 2. The first-order chi connectivity index (χ1) is 13.7. The molecule has 6 nitrogen and oxygen atoms in total. The standard InChI is InChI=1S/C20H18N4O2S2/c25-18(22-13-16-3-2-11-27-16)14-5-7-15(8-6-14)23-20(26)24-10-12-28-19-17(24)4-1-9-21-19/h1-9,11H,10,12-13H2,(H,22,25)(H,23,26). The van der Waals surface area contributed by atoms with Crippen LogP contribution in [0.15, 0.2) is 65.1 Å². The van der Waals surface area contributed by atoms with E-state index < -0.39 is 0 Å². The smallest absolute Gasteiger partial charge is 0.326 e. The zero-order valence-corrected chi connectivity index (χ0v) is 16.6. The molecule has 2 N–H and O–H groups in total. The number of aromatic nitrogens is 1. The largest absolute Gasteiger partial charge is 0.347 e. The second-order valence-corrected chi connectivity index (χ2v) is 8.21. The summed E-state index contributed by atoms with van der Waals surface area (Å²) in [5.74, 6) is 0.667. The molecule has 3 heterocycles. The molecule has 8 heteroatoms. The van der Waals surface area contributed by atoms with Crippen molar-refractivity contribution in [2.75, 3.05) is 22.5 Å². The Morgan fingerprint density at radius 3 is 2.75 bits per heavy atom. The number of nitrogens with zero attached hydrogens (tertiary/aromatic N) is 2. The third-order valence-corrected chi connectivity index (χ3v) is 6.09. The lowest BCUT2D eigenvalue weighted by molar-refractivity contribution is 0.0951. The minimum Gasteiger partial charge on any atom is -0.347 e. The van der Waals surface area contributed by atoms with Gasteiger partial charge < -0.3 is 10.6 Å². The summed E-state index contributed by atoms with van der Waals surface area (Å²) in [7, 11) is 0. The summed E-state index contributed by atoms with van der Waals surface area (Å²) in [5, 5.41) is 8.63. The van der Waals surface area contributed by atoms with Crippen molar-refractivity contribution in [2.24, 2.45) is 0 Å². The summed E-state index contributed by atoms with van der Waals surface area (Å²) in [6.45, 7) is 1.13. The van der Waals surface area contributed by atoms with Gasteiger partial charge in [0.2, 0.25) is 0 Å². The Labute approximate surface area is 171 Å². The van der Waals surface area contributed by atoms with Crippen molar-refractivity contribution >= 4 is 46.4 Å². The Morgan fingerprint density at radius 2 is 1.96 bits per heavy atom. The lowest BCUT2D eigenvalue weighted by Crippen LogP contribution is -2.38. The van der Waals surface area contributed by atoms with Gasteiger partial charge >= 0.3 is 6.03 Å². The Hall–Kier alpha value is -2.84. The van der Waals surface area contributed by atoms with Crippen LogP contribution in [0.1, 0.15) is 15.2 Å². The van der Waals surface area contributed by atoms with E-state index in [1.165, 1.54) is 0 Å². The lowest BCUT2D eigenvalue weighted by atomic mass is 10.2. The number of hydrogen-bond donors (Lipinski definition) is 2. The quantitative estimate of drug-likeness (QED) is 0.675. The van der Waals surface area contributed by atoms with Gasteiger partial charge in [0.1, 0.15) is 5.03 Å². The van der Waals surface area contributed by atoms with Gasteiger partial charge in [-0.1, -0.05) is 6.07 Å². The summed E-state index contributed by atoms with van der Waals surface area (Å²) >= 11 is 3.25. The van der Waals surface area contributed by atoms with Crippen molar-refractivity contribution in [3.8, 4) is 0 Å². The molecule has 0 spiro atoms. The van der Waals surface area contributed by atoms with Gasteiger partial charge in [0, 0.05) is 34.6 Å². The lowest BCUT2D eigenvalue weighted by Gasteiger charge is -2.28. The predicted molar refractivity (Wildman–Crippen MR) is 113 cm³/mol. The van der Waals surface area contributed by atoms with Crippen LogP contribution in [0, 0.1) is 0 Å². The molecule has 1 aliphatic heterocycles. The monoisotopic (exact) mass is 410 g/mol. The van der Waals surface area contributed by atoms with E-state index in [0.29, 0.717) is 24.3 Å². The van der Waals surface area contributed by atoms with Gasteiger partial charge in [0.05, 0.1) is 12.2 Å². The average Bonchev–Trinajstić information content (AvgIpc) is 3.26. The van der Waals surface area contributed by atoms with Gasteiger partial charge in [-0.25, -0.2) is 9.78 Å². The van der Waals surface area contributed by atoms with E-state index in [1.807, 2.05) is 29.6 Å². The highest BCUT2D eigenvalue weighted by atomic mass is 32.2. The van der Waals surface area contributed by atoms with E-state index in [2.05, 4.69) is 15.6 Å². The van der Waals surface area contributed by atoms with E-state index in [4.69, 9.17) is 0 Å². The minimum atomic E-state index is -0.204. The van der Waals surface area contributed by atoms with Gasteiger partial charge in [-0.3, -0.25) is 9.69 Å². The van der Waals surface area contributed by atoms with Crippen LogP contribution in [-0.4, -0.2) is 29.2 Å². The highest BCUT2D eigenvalue weighted by Crippen LogP contribution is 2.32. The third-order valence-electron chi connectivity index (χ3n) is 4.24. The highest BCUT2D eigenvalue weighted by Gasteiger charge is 2.23. The molecule has 0 radical (unpaired) electrons. The SMILES string of the molecule is O=C(NCc1cccs1)c1ccc(NC(=O)N2CCSc3ncccc32)cc1. The summed E-state index contributed by atoms with van der Waals surface area (Å²) < 4.78 is 0. The molecule has 1 aromatic carbocycles. The van der Waals surface area contributed by atoms with Crippen molar-refractivity contribution in [1.82, 2.24) is 10.3 Å². The van der Waals surface area contributed by atoms with Crippen LogP contribution in [-0.2, 0) is 6.54 Å². The number of thiophene rings is 1. The van der Waals surface area contributed by atoms with E-state index >= 15 is 0 Å². The summed E-state index contributed by atoms with van der Waals surface area (Å²) in [6.07, 6.45) is 1.73. The van der Waals surface area contributed by atoms with Crippen molar-refractivity contribution < 1.29 is 9.59 Å². The summed E-state index contributed by atoms with van der Waals surface area (Å²) in [4.78, 5) is 32.1.